The third-order valence-electron chi connectivity index (χ3n) is 3.16. The molecule has 0 aliphatic carbocycles. The molecule has 1 aliphatic rings. The standard InChI is InChI=1S/C16H18N4O3/c1-3-12(15-18-7-4-8-20(15)17)16(22)19-13-6-5-11(10-21)9-14(13)23-2/h3-9,21H,1,10,17H2,2H3,(H,19,22)/b15-12+. The zero-order valence-electron chi connectivity index (χ0n) is 12.7. The number of aliphatic hydroxyl groups is 1. The summed E-state index contributed by atoms with van der Waals surface area (Å²) >= 11 is 0. The highest BCUT2D eigenvalue weighted by Gasteiger charge is 2.18. The Morgan fingerprint density at radius 3 is 2.96 bits per heavy atom. The lowest BCUT2D eigenvalue weighted by Gasteiger charge is -2.19. The van der Waals surface area contributed by atoms with Crippen molar-refractivity contribution in [1.82, 2.24) is 5.01 Å². The van der Waals surface area contributed by atoms with E-state index < -0.39 is 5.91 Å². The molecule has 120 valence electrons. The van der Waals surface area contributed by atoms with E-state index in [-0.39, 0.29) is 18.0 Å². The van der Waals surface area contributed by atoms with Crippen molar-refractivity contribution >= 4 is 17.8 Å². The molecule has 0 saturated carbocycles. The molecule has 1 aromatic rings. The van der Waals surface area contributed by atoms with E-state index in [1.165, 1.54) is 24.4 Å². The van der Waals surface area contributed by atoms with Crippen LogP contribution in [0.1, 0.15) is 5.56 Å². The first-order chi connectivity index (χ1) is 11.1. The predicted octanol–water partition coefficient (Wildman–Crippen LogP) is 1.30. The topological polar surface area (TPSA) is 100 Å². The van der Waals surface area contributed by atoms with Gasteiger partial charge in [-0.2, -0.15) is 0 Å². The lowest BCUT2D eigenvalue weighted by atomic mass is 10.1. The van der Waals surface area contributed by atoms with E-state index in [1.54, 1.807) is 30.5 Å². The Morgan fingerprint density at radius 2 is 2.35 bits per heavy atom. The van der Waals surface area contributed by atoms with Crippen molar-refractivity contribution in [2.24, 2.45) is 10.8 Å². The van der Waals surface area contributed by atoms with Crippen molar-refractivity contribution in [2.45, 2.75) is 6.61 Å². The van der Waals surface area contributed by atoms with Crippen LogP contribution in [0.15, 0.2) is 59.5 Å². The summed E-state index contributed by atoms with van der Waals surface area (Å²) in [7, 11) is 1.48. The number of anilines is 1. The number of allylic oxidation sites excluding steroid dienone is 1. The molecule has 23 heavy (non-hydrogen) atoms. The van der Waals surface area contributed by atoms with Crippen LogP contribution in [-0.2, 0) is 11.4 Å². The van der Waals surface area contributed by atoms with Gasteiger partial charge in [-0.1, -0.05) is 18.7 Å². The van der Waals surface area contributed by atoms with Crippen molar-refractivity contribution < 1.29 is 14.6 Å². The summed E-state index contributed by atoms with van der Waals surface area (Å²) in [5.74, 6) is 6.08. The number of aliphatic imine (C=N–C) groups is 1. The number of aliphatic hydroxyl groups excluding tert-OH is 1. The molecular weight excluding hydrogens is 296 g/mol. The minimum atomic E-state index is -0.423. The minimum Gasteiger partial charge on any atom is -0.495 e. The fraction of sp³-hybridized carbons (Fsp3) is 0.125. The van der Waals surface area contributed by atoms with Gasteiger partial charge in [0.2, 0.25) is 0 Å². The third kappa shape index (κ3) is 3.65. The number of amides is 1. The van der Waals surface area contributed by atoms with Crippen LogP contribution in [-0.4, -0.2) is 29.3 Å². The number of carbonyl (C=O) groups excluding carboxylic acids is 1. The number of carbonyl (C=O) groups is 1. The number of nitrogens with one attached hydrogen (secondary N) is 1. The van der Waals surface area contributed by atoms with Gasteiger partial charge in [-0.05, 0) is 23.8 Å². The quantitative estimate of drug-likeness (QED) is 0.562. The molecular formula is C16H18N4O3. The summed E-state index contributed by atoms with van der Waals surface area (Å²) < 4.78 is 5.23. The molecule has 0 saturated heterocycles. The molecule has 7 heteroatoms. The average molecular weight is 314 g/mol. The molecule has 1 aromatic carbocycles. The Bertz CT molecular complexity index is 707. The van der Waals surface area contributed by atoms with E-state index in [4.69, 9.17) is 15.7 Å². The van der Waals surface area contributed by atoms with E-state index >= 15 is 0 Å². The largest absolute Gasteiger partial charge is 0.495 e. The molecule has 0 atom stereocenters. The van der Waals surface area contributed by atoms with Crippen LogP contribution in [0.3, 0.4) is 0 Å². The number of benzene rings is 1. The molecule has 0 radical (unpaired) electrons. The highest BCUT2D eigenvalue weighted by Crippen LogP contribution is 2.26. The highest BCUT2D eigenvalue weighted by atomic mass is 16.5. The number of hydrogen-bond donors (Lipinski definition) is 3. The zero-order chi connectivity index (χ0) is 16.8. The third-order valence-corrected chi connectivity index (χ3v) is 3.16. The lowest BCUT2D eigenvalue weighted by Crippen LogP contribution is -2.29. The Hall–Kier alpha value is -2.90. The van der Waals surface area contributed by atoms with Crippen molar-refractivity contribution in [3.8, 4) is 5.75 Å². The second kappa shape index (κ2) is 7.39. The maximum absolute atomic E-state index is 12.5. The van der Waals surface area contributed by atoms with Gasteiger partial charge in [0.05, 0.1) is 25.0 Å². The Morgan fingerprint density at radius 1 is 1.57 bits per heavy atom. The normalized spacial score (nSPS) is 15.3. The molecule has 1 heterocycles. The van der Waals surface area contributed by atoms with Gasteiger partial charge in [0.1, 0.15) is 5.75 Å². The second-order valence-corrected chi connectivity index (χ2v) is 4.62. The molecule has 4 N–H and O–H groups in total. The predicted molar refractivity (Wildman–Crippen MR) is 88.4 cm³/mol. The highest BCUT2D eigenvalue weighted by molar-refractivity contribution is 6.07. The zero-order valence-corrected chi connectivity index (χ0v) is 12.7. The second-order valence-electron chi connectivity index (χ2n) is 4.62. The maximum atomic E-state index is 12.5. The number of ether oxygens (including phenoxy) is 1. The van der Waals surface area contributed by atoms with E-state index in [0.29, 0.717) is 17.0 Å². The van der Waals surface area contributed by atoms with Gasteiger partial charge < -0.3 is 15.2 Å². The number of nitrogens with two attached hydrogens (primary N) is 1. The van der Waals surface area contributed by atoms with E-state index in [1.807, 2.05) is 0 Å². The number of methoxy groups -OCH3 is 1. The minimum absolute atomic E-state index is 0.115. The average Bonchev–Trinajstić information content (AvgIpc) is 2.57. The van der Waals surface area contributed by atoms with Gasteiger partial charge in [0, 0.05) is 12.4 Å². The molecule has 0 aromatic heterocycles. The van der Waals surface area contributed by atoms with Crippen molar-refractivity contribution in [3.05, 3.63) is 60.1 Å². The van der Waals surface area contributed by atoms with Gasteiger partial charge in [-0.3, -0.25) is 9.80 Å². The first kappa shape index (κ1) is 16.5. The molecule has 1 aliphatic heterocycles. The van der Waals surface area contributed by atoms with Gasteiger partial charge in [0.15, 0.2) is 5.82 Å². The van der Waals surface area contributed by atoms with Gasteiger partial charge in [-0.25, -0.2) is 10.8 Å². The van der Waals surface area contributed by atoms with Crippen LogP contribution in [0.4, 0.5) is 5.69 Å². The molecule has 7 nitrogen and oxygen atoms in total. The lowest BCUT2D eigenvalue weighted by molar-refractivity contribution is -0.112. The van der Waals surface area contributed by atoms with Crippen molar-refractivity contribution in [3.63, 3.8) is 0 Å². The number of rotatable bonds is 5. The van der Waals surface area contributed by atoms with E-state index in [2.05, 4.69) is 16.9 Å². The summed E-state index contributed by atoms with van der Waals surface area (Å²) in [6.07, 6.45) is 6.15. The Balaban J connectivity index is 2.31. The maximum Gasteiger partial charge on any atom is 0.259 e. The van der Waals surface area contributed by atoms with Crippen molar-refractivity contribution in [1.29, 1.82) is 0 Å². The summed E-state index contributed by atoms with van der Waals surface area (Å²) in [4.78, 5) is 16.6. The molecule has 1 amide bonds. The first-order valence-electron chi connectivity index (χ1n) is 6.81. The fourth-order valence-corrected chi connectivity index (χ4v) is 2.00. The summed E-state index contributed by atoms with van der Waals surface area (Å²) in [6, 6.07) is 4.99. The van der Waals surface area contributed by atoms with Gasteiger partial charge in [0.25, 0.3) is 5.91 Å². The number of hydrazine groups is 1. The smallest absolute Gasteiger partial charge is 0.259 e. The summed E-state index contributed by atoms with van der Waals surface area (Å²) in [6.45, 7) is 3.52. The van der Waals surface area contributed by atoms with Crippen molar-refractivity contribution in [2.75, 3.05) is 12.4 Å². The molecule has 2 rings (SSSR count). The van der Waals surface area contributed by atoms with Crippen LogP contribution in [0.25, 0.3) is 0 Å². The van der Waals surface area contributed by atoms with Crippen LogP contribution < -0.4 is 15.9 Å². The van der Waals surface area contributed by atoms with Crippen LogP contribution in [0.5, 0.6) is 5.75 Å². The summed E-state index contributed by atoms with van der Waals surface area (Å²) in [5.41, 5.74) is 1.37. The van der Waals surface area contributed by atoms with Crippen LogP contribution >= 0.6 is 0 Å². The van der Waals surface area contributed by atoms with E-state index in [9.17, 15) is 4.79 Å². The monoisotopic (exact) mass is 314 g/mol. The van der Waals surface area contributed by atoms with E-state index in [0.717, 1.165) is 0 Å². The first-order valence-corrected chi connectivity index (χ1v) is 6.81. The van der Waals surface area contributed by atoms with Crippen LogP contribution in [0.2, 0.25) is 0 Å². The molecule has 0 unspecified atom stereocenters. The number of hydrogen-bond acceptors (Lipinski definition) is 6. The SMILES string of the molecule is C=C/C(C(=O)Nc1ccc(CO)cc1OC)=C1/N=CC=CN1N. The molecule has 0 bridgehead atoms. The molecule has 0 fully saturated rings. The fourth-order valence-electron chi connectivity index (χ4n) is 2.00. The Labute approximate surface area is 134 Å². The van der Waals surface area contributed by atoms with Gasteiger partial charge in [-0.15, -0.1) is 0 Å². The Kier molecular flexibility index (Phi) is 5.29. The molecule has 0 spiro atoms. The number of nitrogens with zero attached hydrogens (tertiary/aromatic N) is 2. The summed E-state index contributed by atoms with van der Waals surface area (Å²) in [5, 5.41) is 13.1. The van der Waals surface area contributed by atoms with Crippen LogP contribution in [0, 0.1) is 0 Å². The van der Waals surface area contributed by atoms with Gasteiger partial charge >= 0.3 is 0 Å².